The quantitative estimate of drug-likeness (QED) is 0.200. The Bertz CT molecular complexity index is 1970. The molecule has 4 aromatic carbocycles. The zero-order valence-corrected chi connectivity index (χ0v) is 24.3. The van der Waals surface area contributed by atoms with Crippen molar-refractivity contribution in [2.75, 3.05) is 18.8 Å². The highest BCUT2D eigenvalue weighted by Crippen LogP contribution is 2.47. The van der Waals surface area contributed by atoms with E-state index in [0.717, 1.165) is 21.0 Å². The fraction of sp³-hybridized carbons (Fsp3) is 0.121. The summed E-state index contributed by atoms with van der Waals surface area (Å²) in [6.45, 7) is 0.199. The number of ether oxygens (including phenoxy) is 1. The second kappa shape index (κ2) is 11.4. The summed E-state index contributed by atoms with van der Waals surface area (Å²) in [6, 6.07) is 28.8. The number of anilines is 1. The number of nitrogens with zero attached hydrogens (tertiary/aromatic N) is 3. The van der Waals surface area contributed by atoms with Gasteiger partial charge in [0.05, 0.1) is 17.6 Å². The van der Waals surface area contributed by atoms with Crippen LogP contribution in [0.1, 0.15) is 22.8 Å². The Hall–Kier alpha value is -4.93. The molecule has 2 N–H and O–H groups in total. The van der Waals surface area contributed by atoms with Crippen LogP contribution in [0.2, 0.25) is 0 Å². The van der Waals surface area contributed by atoms with Gasteiger partial charge >= 0.3 is 10.2 Å². The lowest BCUT2D eigenvalue weighted by Gasteiger charge is -2.23. The number of aromatic hydroxyl groups is 1. The molecule has 0 unspecified atom stereocenters. The maximum absolute atomic E-state index is 13.6. The Morgan fingerprint density at radius 2 is 1.53 bits per heavy atom. The fourth-order valence-corrected chi connectivity index (χ4v) is 5.72. The Labute approximate surface area is 248 Å². The van der Waals surface area contributed by atoms with Gasteiger partial charge in [-0.2, -0.15) is 12.7 Å². The van der Waals surface area contributed by atoms with Crippen LogP contribution in [0.5, 0.6) is 11.6 Å². The maximum Gasteiger partial charge on any atom is 0.301 e. The molecule has 0 bridgehead atoms. The minimum Gasteiger partial charge on any atom is -0.494 e. The molecule has 10 heteroatoms. The molecule has 0 fully saturated rings. The van der Waals surface area contributed by atoms with Gasteiger partial charge in [0, 0.05) is 37.3 Å². The van der Waals surface area contributed by atoms with Crippen LogP contribution in [-0.4, -0.2) is 41.5 Å². The number of rotatable bonds is 9. The topological polar surface area (TPSA) is 96.7 Å². The van der Waals surface area contributed by atoms with Gasteiger partial charge in [0.15, 0.2) is 5.75 Å². The minimum atomic E-state index is -3.94. The van der Waals surface area contributed by atoms with Gasteiger partial charge < -0.3 is 14.4 Å². The van der Waals surface area contributed by atoms with Crippen molar-refractivity contribution >= 4 is 37.6 Å². The highest BCUT2D eigenvalue weighted by Gasteiger charge is 2.28. The smallest absolute Gasteiger partial charge is 0.301 e. The van der Waals surface area contributed by atoms with Gasteiger partial charge in [0.2, 0.25) is 5.88 Å². The molecule has 0 aliphatic carbocycles. The SMILES string of the molecule is CN(C)S(=O)(=O)Nc1c2cccnc2c(OC(c2ccccc2)c2ccccc2)c2c(O)n(Cc3ccc(F)cc3)cc12. The van der Waals surface area contributed by atoms with E-state index in [9.17, 15) is 17.9 Å². The first-order valence-electron chi connectivity index (χ1n) is 13.6. The molecule has 0 aliphatic rings. The molecule has 0 aliphatic heterocycles. The number of benzene rings is 4. The molecular weight excluding hydrogens is 567 g/mol. The zero-order chi connectivity index (χ0) is 30.1. The van der Waals surface area contributed by atoms with E-state index in [-0.39, 0.29) is 23.9 Å². The Kier molecular flexibility index (Phi) is 7.47. The van der Waals surface area contributed by atoms with Crippen molar-refractivity contribution in [3.63, 3.8) is 0 Å². The van der Waals surface area contributed by atoms with Crippen LogP contribution >= 0.6 is 0 Å². The predicted octanol–water partition coefficient (Wildman–Crippen LogP) is 6.47. The number of hydrogen-bond acceptors (Lipinski definition) is 5. The number of aromatic nitrogens is 2. The molecule has 0 spiro atoms. The maximum atomic E-state index is 13.6. The third kappa shape index (κ3) is 5.50. The van der Waals surface area contributed by atoms with E-state index in [0.29, 0.717) is 27.4 Å². The molecule has 2 aromatic heterocycles. The molecule has 0 atom stereocenters. The summed E-state index contributed by atoms with van der Waals surface area (Å²) in [5.41, 5.74) is 3.13. The summed E-state index contributed by atoms with van der Waals surface area (Å²) in [5, 5.41) is 12.9. The van der Waals surface area contributed by atoms with E-state index in [1.54, 1.807) is 41.2 Å². The van der Waals surface area contributed by atoms with E-state index in [1.807, 2.05) is 60.7 Å². The molecular formula is C33H29FN4O4S. The van der Waals surface area contributed by atoms with E-state index < -0.39 is 16.3 Å². The Morgan fingerprint density at radius 1 is 0.907 bits per heavy atom. The highest BCUT2D eigenvalue weighted by atomic mass is 32.2. The first-order valence-corrected chi connectivity index (χ1v) is 15.0. The Balaban J connectivity index is 1.62. The number of fused-ring (bicyclic) bond motifs is 2. The first-order chi connectivity index (χ1) is 20.7. The minimum absolute atomic E-state index is 0.146. The normalized spacial score (nSPS) is 11.9. The summed E-state index contributed by atoms with van der Waals surface area (Å²) >= 11 is 0. The lowest BCUT2D eigenvalue weighted by atomic mass is 10.0. The second-order valence-corrected chi connectivity index (χ2v) is 12.2. The van der Waals surface area contributed by atoms with Gasteiger partial charge in [-0.05, 0) is 41.0 Å². The average molecular weight is 597 g/mol. The van der Waals surface area contributed by atoms with Crippen molar-refractivity contribution < 1.29 is 22.7 Å². The molecule has 2 heterocycles. The van der Waals surface area contributed by atoms with Crippen LogP contribution in [0, 0.1) is 5.82 Å². The van der Waals surface area contributed by atoms with Crippen molar-refractivity contribution in [1.82, 2.24) is 13.9 Å². The molecule has 43 heavy (non-hydrogen) atoms. The van der Waals surface area contributed by atoms with Gasteiger partial charge in [0.25, 0.3) is 0 Å². The lowest BCUT2D eigenvalue weighted by molar-refractivity contribution is 0.252. The summed E-state index contributed by atoms with van der Waals surface area (Å²) in [4.78, 5) is 4.62. The number of pyridine rings is 1. The van der Waals surface area contributed by atoms with E-state index >= 15 is 0 Å². The number of hydrogen-bond donors (Lipinski definition) is 2. The van der Waals surface area contributed by atoms with Crippen LogP contribution in [0.15, 0.2) is 109 Å². The molecule has 8 nitrogen and oxygen atoms in total. The van der Waals surface area contributed by atoms with Crippen molar-refractivity contribution in [1.29, 1.82) is 0 Å². The Morgan fingerprint density at radius 3 is 2.14 bits per heavy atom. The highest BCUT2D eigenvalue weighted by molar-refractivity contribution is 7.90. The van der Waals surface area contributed by atoms with Crippen molar-refractivity contribution in [3.05, 3.63) is 132 Å². The van der Waals surface area contributed by atoms with Crippen LogP contribution in [0.4, 0.5) is 10.1 Å². The average Bonchev–Trinajstić information content (AvgIpc) is 3.34. The van der Waals surface area contributed by atoms with Crippen molar-refractivity contribution in [2.24, 2.45) is 0 Å². The van der Waals surface area contributed by atoms with Gasteiger partial charge in [0.1, 0.15) is 17.4 Å². The lowest BCUT2D eigenvalue weighted by Crippen LogP contribution is -2.29. The van der Waals surface area contributed by atoms with E-state index in [4.69, 9.17) is 4.74 Å². The summed E-state index contributed by atoms with van der Waals surface area (Å²) < 4.78 is 52.0. The van der Waals surface area contributed by atoms with E-state index in [2.05, 4.69) is 9.71 Å². The van der Waals surface area contributed by atoms with Gasteiger partial charge in [-0.25, -0.2) is 4.39 Å². The van der Waals surface area contributed by atoms with Crippen LogP contribution in [-0.2, 0) is 16.8 Å². The third-order valence-electron chi connectivity index (χ3n) is 7.26. The monoisotopic (exact) mass is 596 g/mol. The van der Waals surface area contributed by atoms with Crippen molar-refractivity contribution in [3.8, 4) is 11.6 Å². The third-order valence-corrected chi connectivity index (χ3v) is 8.68. The first kappa shape index (κ1) is 28.2. The summed E-state index contributed by atoms with van der Waals surface area (Å²) in [5.74, 6) is -0.217. The van der Waals surface area contributed by atoms with Crippen LogP contribution in [0.3, 0.4) is 0 Å². The van der Waals surface area contributed by atoms with Gasteiger partial charge in [-0.3, -0.25) is 9.71 Å². The molecule has 0 radical (unpaired) electrons. The number of nitrogens with one attached hydrogen (secondary N) is 1. The molecule has 6 rings (SSSR count). The largest absolute Gasteiger partial charge is 0.494 e. The molecule has 218 valence electrons. The van der Waals surface area contributed by atoms with Crippen LogP contribution < -0.4 is 9.46 Å². The summed E-state index contributed by atoms with van der Waals surface area (Å²) in [6.07, 6.45) is 2.69. The molecule has 6 aromatic rings. The summed E-state index contributed by atoms with van der Waals surface area (Å²) in [7, 11) is -1.08. The van der Waals surface area contributed by atoms with Crippen LogP contribution in [0.25, 0.3) is 21.7 Å². The number of halogens is 1. The van der Waals surface area contributed by atoms with Crippen molar-refractivity contribution in [2.45, 2.75) is 12.6 Å². The zero-order valence-electron chi connectivity index (χ0n) is 23.5. The molecule has 0 saturated carbocycles. The second-order valence-electron chi connectivity index (χ2n) is 10.3. The standard InChI is InChI=1S/C33H29FN4O4S/c1-37(2)43(40,41)36-29-26-14-9-19-35-30(26)32(42-31(23-10-5-3-6-11-23)24-12-7-4-8-13-24)28-27(29)21-38(33(28)39)20-22-15-17-25(34)18-16-22/h3-19,21,31,36,39H,20H2,1-2H3. The fourth-order valence-electron chi connectivity index (χ4n) is 5.06. The van der Waals surface area contributed by atoms with Gasteiger partial charge in [-0.1, -0.05) is 72.8 Å². The van der Waals surface area contributed by atoms with E-state index in [1.165, 1.54) is 26.2 Å². The molecule has 0 saturated heterocycles. The predicted molar refractivity (Wildman–Crippen MR) is 166 cm³/mol. The van der Waals surface area contributed by atoms with Gasteiger partial charge in [-0.15, -0.1) is 0 Å². The molecule has 0 amide bonds.